The van der Waals surface area contributed by atoms with Crippen LogP contribution >= 0.6 is 0 Å². The molecular formula is C23H33N3O3. The maximum absolute atomic E-state index is 12.1. The first-order valence-electron chi connectivity index (χ1n) is 10.2. The van der Waals surface area contributed by atoms with Crippen molar-refractivity contribution in [2.75, 3.05) is 39.8 Å². The molecule has 1 amide bonds. The topological polar surface area (TPSA) is 61.9 Å². The molecule has 0 fully saturated rings. The highest BCUT2D eigenvalue weighted by atomic mass is 16.7. The fourth-order valence-electron chi connectivity index (χ4n) is 3.04. The smallest absolute Gasteiger partial charge is 0.248 e. The Morgan fingerprint density at radius 2 is 1.90 bits per heavy atom. The first-order valence-corrected chi connectivity index (χ1v) is 10.2. The van der Waals surface area contributed by atoms with E-state index >= 15 is 0 Å². The summed E-state index contributed by atoms with van der Waals surface area (Å²) in [6, 6.07) is 14.1. The lowest BCUT2D eigenvalue weighted by molar-refractivity contribution is -0.175. The molecule has 2 aromatic carbocycles. The summed E-state index contributed by atoms with van der Waals surface area (Å²) >= 11 is 0. The van der Waals surface area contributed by atoms with Crippen LogP contribution in [0.5, 0.6) is 0 Å². The van der Waals surface area contributed by atoms with E-state index in [-0.39, 0.29) is 19.1 Å². The lowest BCUT2D eigenvalue weighted by Gasteiger charge is -2.21. The van der Waals surface area contributed by atoms with Crippen LogP contribution in [0, 0.1) is 5.92 Å². The van der Waals surface area contributed by atoms with Gasteiger partial charge in [-0.3, -0.25) is 9.63 Å². The van der Waals surface area contributed by atoms with Crippen LogP contribution in [0.15, 0.2) is 42.5 Å². The van der Waals surface area contributed by atoms with Crippen LogP contribution in [-0.2, 0) is 21.0 Å². The van der Waals surface area contributed by atoms with Gasteiger partial charge in [0.05, 0.1) is 13.1 Å². The third-order valence-electron chi connectivity index (χ3n) is 4.79. The molecule has 0 saturated carbocycles. The van der Waals surface area contributed by atoms with Gasteiger partial charge in [0.15, 0.2) is 0 Å². The van der Waals surface area contributed by atoms with Crippen molar-refractivity contribution in [1.82, 2.24) is 15.3 Å². The highest BCUT2D eigenvalue weighted by Gasteiger charge is 2.11. The van der Waals surface area contributed by atoms with E-state index in [4.69, 9.17) is 4.84 Å². The van der Waals surface area contributed by atoms with E-state index in [9.17, 15) is 9.59 Å². The largest absolute Gasteiger partial charge is 0.353 e. The minimum absolute atomic E-state index is 0.103. The summed E-state index contributed by atoms with van der Waals surface area (Å²) in [5.74, 6) is 0.488. The van der Waals surface area contributed by atoms with Gasteiger partial charge in [-0.15, -0.1) is 0 Å². The second-order valence-electron chi connectivity index (χ2n) is 7.74. The third kappa shape index (κ3) is 8.31. The number of nitrogens with zero attached hydrogens (tertiary/aromatic N) is 2. The highest BCUT2D eigenvalue weighted by Crippen LogP contribution is 2.20. The normalized spacial score (nSPS) is 11.5. The predicted molar refractivity (Wildman–Crippen MR) is 116 cm³/mol. The van der Waals surface area contributed by atoms with Crippen molar-refractivity contribution >= 4 is 23.0 Å². The summed E-state index contributed by atoms with van der Waals surface area (Å²) in [7, 11) is 2.06. The quantitative estimate of drug-likeness (QED) is 0.415. The molecule has 0 unspecified atom stereocenters. The Kier molecular flexibility index (Phi) is 9.77. The zero-order valence-electron chi connectivity index (χ0n) is 17.8. The summed E-state index contributed by atoms with van der Waals surface area (Å²) < 4.78 is 0. The van der Waals surface area contributed by atoms with E-state index in [2.05, 4.69) is 43.2 Å². The number of rotatable bonds is 13. The Hall–Kier alpha value is -2.28. The molecule has 0 spiro atoms. The van der Waals surface area contributed by atoms with Crippen LogP contribution in [0.3, 0.4) is 0 Å². The number of benzene rings is 2. The molecule has 0 saturated heterocycles. The van der Waals surface area contributed by atoms with Crippen LogP contribution in [-0.4, -0.2) is 62.0 Å². The van der Waals surface area contributed by atoms with Crippen molar-refractivity contribution in [3.63, 3.8) is 0 Å². The van der Waals surface area contributed by atoms with Crippen LogP contribution < -0.4 is 5.32 Å². The second kappa shape index (κ2) is 12.3. The first kappa shape index (κ1) is 23.0. The Morgan fingerprint density at radius 1 is 1.14 bits per heavy atom. The number of hydrogen-bond donors (Lipinski definition) is 1. The maximum atomic E-state index is 12.1. The summed E-state index contributed by atoms with van der Waals surface area (Å²) in [6.45, 7) is 7.24. The average Bonchev–Trinajstić information content (AvgIpc) is 2.71. The van der Waals surface area contributed by atoms with Gasteiger partial charge in [0.25, 0.3) is 0 Å². The lowest BCUT2D eigenvalue weighted by Crippen LogP contribution is -2.37. The van der Waals surface area contributed by atoms with E-state index in [0.717, 1.165) is 42.1 Å². The number of fused-ring (bicyclic) bond motifs is 1. The standard InChI is InChI=1S/C23H33N3O3/c1-19(2)11-13-25(3)14-12-24-23(28)18-29-26(15-16-27)17-21-9-6-8-20-7-4-5-10-22(20)21/h4-10,16,19H,11-15,17-18H2,1-3H3,(H,24,28). The summed E-state index contributed by atoms with van der Waals surface area (Å²) in [5.41, 5.74) is 1.05. The molecule has 0 aromatic heterocycles. The average molecular weight is 400 g/mol. The van der Waals surface area contributed by atoms with E-state index < -0.39 is 0 Å². The zero-order chi connectivity index (χ0) is 21.1. The molecule has 0 aliphatic rings. The third-order valence-corrected chi connectivity index (χ3v) is 4.79. The fraction of sp³-hybridized carbons (Fsp3) is 0.478. The van der Waals surface area contributed by atoms with Gasteiger partial charge in [0.2, 0.25) is 5.91 Å². The molecule has 0 bridgehead atoms. The predicted octanol–water partition coefficient (Wildman–Crippen LogP) is 2.87. The van der Waals surface area contributed by atoms with E-state index in [0.29, 0.717) is 19.0 Å². The van der Waals surface area contributed by atoms with Gasteiger partial charge < -0.3 is 15.0 Å². The molecule has 29 heavy (non-hydrogen) atoms. The fourth-order valence-corrected chi connectivity index (χ4v) is 3.04. The second-order valence-corrected chi connectivity index (χ2v) is 7.74. The number of amides is 1. The molecule has 0 heterocycles. The van der Waals surface area contributed by atoms with Crippen LogP contribution in [0.4, 0.5) is 0 Å². The van der Waals surface area contributed by atoms with E-state index in [1.165, 1.54) is 5.06 Å². The van der Waals surface area contributed by atoms with Crippen LogP contribution in [0.2, 0.25) is 0 Å². The molecule has 2 rings (SSSR count). The molecule has 2 aromatic rings. The number of carbonyl (C=O) groups is 2. The molecule has 6 nitrogen and oxygen atoms in total. The van der Waals surface area contributed by atoms with Crippen molar-refractivity contribution in [1.29, 1.82) is 0 Å². The van der Waals surface area contributed by atoms with Gasteiger partial charge in [-0.05, 0) is 42.3 Å². The molecule has 0 aliphatic heterocycles. The van der Waals surface area contributed by atoms with Crippen molar-refractivity contribution in [3.05, 3.63) is 48.0 Å². The number of carbonyl (C=O) groups excluding carboxylic acids is 2. The number of hydrogen-bond acceptors (Lipinski definition) is 5. The minimum Gasteiger partial charge on any atom is -0.353 e. The Labute approximate surface area is 173 Å². The monoisotopic (exact) mass is 399 g/mol. The SMILES string of the molecule is CC(C)CCN(C)CCNC(=O)CON(CC=O)Cc1cccc2ccccc12. The molecular weight excluding hydrogens is 366 g/mol. The number of nitrogens with one attached hydrogen (secondary N) is 1. The lowest BCUT2D eigenvalue weighted by atomic mass is 10.0. The van der Waals surface area contributed by atoms with Gasteiger partial charge in [0, 0.05) is 13.1 Å². The van der Waals surface area contributed by atoms with Gasteiger partial charge >= 0.3 is 0 Å². The summed E-state index contributed by atoms with van der Waals surface area (Å²) in [4.78, 5) is 31.0. The summed E-state index contributed by atoms with van der Waals surface area (Å²) in [5, 5.41) is 6.65. The maximum Gasteiger partial charge on any atom is 0.248 e. The summed E-state index contributed by atoms with van der Waals surface area (Å²) in [6.07, 6.45) is 1.93. The molecule has 0 atom stereocenters. The molecule has 158 valence electrons. The van der Waals surface area contributed by atoms with Crippen LogP contribution in [0.1, 0.15) is 25.8 Å². The van der Waals surface area contributed by atoms with Gasteiger partial charge in [-0.2, -0.15) is 5.06 Å². The van der Waals surface area contributed by atoms with Crippen molar-refractivity contribution in [2.45, 2.75) is 26.8 Å². The molecule has 1 N–H and O–H groups in total. The Balaban J connectivity index is 1.80. The van der Waals surface area contributed by atoms with Gasteiger partial charge in [0.1, 0.15) is 12.9 Å². The Bertz CT molecular complexity index is 774. The van der Waals surface area contributed by atoms with Crippen molar-refractivity contribution in [3.8, 4) is 0 Å². The van der Waals surface area contributed by atoms with Crippen LogP contribution in [0.25, 0.3) is 10.8 Å². The van der Waals surface area contributed by atoms with E-state index in [1.54, 1.807) is 0 Å². The van der Waals surface area contributed by atoms with Crippen molar-refractivity contribution < 1.29 is 14.4 Å². The number of aldehydes is 1. The molecule has 6 heteroatoms. The number of likely N-dealkylation sites (N-methyl/N-ethyl adjacent to an activating group) is 1. The van der Waals surface area contributed by atoms with E-state index in [1.807, 2.05) is 30.3 Å². The molecule has 0 radical (unpaired) electrons. The number of hydroxylamine groups is 2. The Morgan fingerprint density at radius 3 is 2.66 bits per heavy atom. The van der Waals surface area contributed by atoms with Gasteiger partial charge in [-0.1, -0.05) is 56.3 Å². The minimum atomic E-state index is -0.184. The highest BCUT2D eigenvalue weighted by molar-refractivity contribution is 5.85. The molecule has 0 aliphatic carbocycles. The first-order chi connectivity index (χ1) is 14.0. The van der Waals surface area contributed by atoms with Gasteiger partial charge in [-0.25, -0.2) is 0 Å². The van der Waals surface area contributed by atoms with Crippen molar-refractivity contribution in [2.24, 2.45) is 5.92 Å². The zero-order valence-corrected chi connectivity index (χ0v) is 17.8.